The Bertz CT molecular complexity index is 1320. The Morgan fingerprint density at radius 3 is 2.14 bits per heavy atom. The first-order chi connectivity index (χ1) is 17.0. The van der Waals surface area contributed by atoms with Crippen LogP contribution in [0.5, 0.6) is 5.75 Å². The van der Waals surface area contributed by atoms with Crippen LogP contribution in [0.3, 0.4) is 0 Å². The van der Waals surface area contributed by atoms with Crippen molar-refractivity contribution in [2.75, 3.05) is 13.2 Å². The number of halogens is 2. The summed E-state index contributed by atoms with van der Waals surface area (Å²) in [4.78, 5) is 14.3. The molecule has 1 aliphatic heterocycles. The van der Waals surface area contributed by atoms with Crippen LogP contribution in [0.4, 0.5) is 8.78 Å². The van der Waals surface area contributed by atoms with E-state index >= 15 is 0 Å². The third-order valence-corrected chi connectivity index (χ3v) is 8.48. The second-order valence-electron chi connectivity index (χ2n) is 8.00. The van der Waals surface area contributed by atoms with Gasteiger partial charge in [-0.05, 0) is 55.8 Å². The molecule has 0 saturated carbocycles. The summed E-state index contributed by atoms with van der Waals surface area (Å²) in [5.74, 6) is -3.57. The van der Waals surface area contributed by atoms with E-state index in [-0.39, 0.29) is 5.75 Å². The van der Waals surface area contributed by atoms with Gasteiger partial charge in [-0.1, -0.05) is 30.3 Å². The van der Waals surface area contributed by atoms with Crippen LogP contribution in [0.1, 0.15) is 18.9 Å². The van der Waals surface area contributed by atoms with Gasteiger partial charge in [0.05, 0.1) is 24.1 Å². The lowest BCUT2D eigenvalue weighted by Gasteiger charge is -2.34. The minimum Gasteiger partial charge on any atom is -0.421 e. The summed E-state index contributed by atoms with van der Waals surface area (Å²) in [6, 6.07) is 23.2. The van der Waals surface area contributed by atoms with E-state index in [0.29, 0.717) is 13.2 Å². The molecule has 3 aromatic rings. The first kappa shape index (κ1) is 26.2. The van der Waals surface area contributed by atoms with Gasteiger partial charge in [0.15, 0.2) is 20.5 Å². The molecule has 0 aliphatic carbocycles. The Kier molecular flexibility index (Phi) is 7.48. The zero-order valence-corrected chi connectivity index (χ0v) is 20.7. The van der Waals surface area contributed by atoms with Gasteiger partial charge < -0.3 is 14.2 Å². The third kappa shape index (κ3) is 5.45. The number of benzene rings is 3. The molecule has 1 fully saturated rings. The zero-order chi connectivity index (χ0) is 26.0. The fraction of sp³-hybridized carbons (Fsp3) is 0.240. The monoisotopic (exact) mass is 537 g/mol. The van der Waals surface area contributed by atoms with Crippen LogP contribution in [-0.4, -0.2) is 37.4 Å². The summed E-state index contributed by atoms with van der Waals surface area (Å²) in [6.45, 7) is 3.04. The second-order valence-corrected chi connectivity index (χ2v) is 11.5. The molecule has 3 aromatic carbocycles. The summed E-state index contributed by atoms with van der Waals surface area (Å²) in [7, 11) is -6.60. The van der Waals surface area contributed by atoms with Gasteiger partial charge >= 0.3 is 21.3 Å². The summed E-state index contributed by atoms with van der Waals surface area (Å²) >= 11 is 0. The van der Waals surface area contributed by atoms with E-state index < -0.39 is 38.0 Å². The maximum atomic E-state index is 13.6. The molecule has 0 aromatic heterocycles. The van der Waals surface area contributed by atoms with Crippen LogP contribution in [0, 0.1) is 0 Å². The Balaban J connectivity index is 1.67. The van der Waals surface area contributed by atoms with Crippen molar-refractivity contribution in [2.45, 2.75) is 39.1 Å². The predicted molar refractivity (Wildman–Crippen MR) is 127 cm³/mol. The van der Waals surface area contributed by atoms with Gasteiger partial charge in [0, 0.05) is 11.6 Å². The van der Waals surface area contributed by atoms with Gasteiger partial charge in [-0.25, -0.2) is 4.79 Å². The van der Waals surface area contributed by atoms with Crippen molar-refractivity contribution in [1.82, 2.24) is 0 Å². The Hall–Kier alpha value is -2.83. The van der Waals surface area contributed by atoms with Gasteiger partial charge in [0.2, 0.25) is 0 Å². The molecule has 1 unspecified atom stereocenters. The van der Waals surface area contributed by atoms with Crippen LogP contribution < -0.4 is 4.74 Å². The fourth-order valence-electron chi connectivity index (χ4n) is 3.59. The molecule has 36 heavy (non-hydrogen) atoms. The van der Waals surface area contributed by atoms with Crippen molar-refractivity contribution < 1.29 is 40.8 Å². The number of carbonyl (C=O) groups excluding carboxylic acids is 1. The lowest BCUT2D eigenvalue weighted by atomic mass is 10.1. The van der Waals surface area contributed by atoms with Gasteiger partial charge in [0.25, 0.3) is 0 Å². The molecule has 1 N–H and O–H groups in total. The Labute approximate surface area is 210 Å². The van der Waals surface area contributed by atoms with E-state index in [1.807, 2.05) is 61.5 Å². The highest BCUT2D eigenvalue weighted by Gasteiger charge is 2.54. The largest absolute Gasteiger partial charge is 0.466 e. The van der Waals surface area contributed by atoms with Crippen molar-refractivity contribution in [2.24, 2.45) is 0 Å². The zero-order valence-electron chi connectivity index (χ0n) is 19.1. The molecule has 4 rings (SSSR count). The topological polar surface area (TPSA) is 99.1 Å². The summed E-state index contributed by atoms with van der Waals surface area (Å²) in [6.07, 6.45) is 0.816. The smallest absolute Gasteiger partial charge is 0.421 e. The molecule has 1 saturated heterocycles. The maximum Gasteiger partial charge on any atom is 0.466 e. The van der Waals surface area contributed by atoms with E-state index in [2.05, 4.69) is 4.74 Å². The molecule has 0 amide bonds. The number of carbonyl (C=O) groups is 1. The minimum atomic E-state index is -5.96. The van der Waals surface area contributed by atoms with Gasteiger partial charge in [-0.2, -0.15) is 17.2 Å². The molecule has 0 spiro atoms. The number of hydrogen-bond acceptors (Lipinski definition) is 6. The molecule has 1 atom stereocenters. The van der Waals surface area contributed by atoms with Gasteiger partial charge in [-0.15, -0.1) is 0 Å². The standard InChI is InChI=1S/C25H22F2O7S2/c1-24(32-15-6-16-33-24)18-7-5-10-22(17-18)35(20-8-3-2-4-9-20)21-13-11-19(12-14-21)34-23(28)25(26,27)36(29,30)31/h2-5,7-14,17H,6,15-16H2,1H3/p+1. The lowest BCUT2D eigenvalue weighted by molar-refractivity contribution is -0.265. The van der Waals surface area contributed by atoms with Crippen LogP contribution in [-0.2, 0) is 41.1 Å². The normalized spacial score (nSPS) is 16.8. The molecular formula is C25H23F2O7S2+. The summed E-state index contributed by atoms with van der Waals surface area (Å²) in [5, 5.41) is -5.08. The molecular weight excluding hydrogens is 514 g/mol. The minimum absolute atomic E-state index is 0.297. The number of ether oxygens (including phenoxy) is 3. The highest BCUT2D eigenvalue weighted by Crippen LogP contribution is 2.36. The van der Waals surface area contributed by atoms with Crippen molar-refractivity contribution >= 4 is 27.0 Å². The van der Waals surface area contributed by atoms with Crippen LogP contribution >= 0.6 is 0 Å². The van der Waals surface area contributed by atoms with Crippen molar-refractivity contribution in [3.63, 3.8) is 0 Å². The highest BCUT2D eigenvalue weighted by atomic mass is 32.2. The molecule has 11 heteroatoms. The molecule has 1 aliphatic rings. The first-order valence-corrected chi connectivity index (χ1v) is 13.5. The van der Waals surface area contributed by atoms with Crippen LogP contribution in [0.15, 0.2) is 93.5 Å². The van der Waals surface area contributed by atoms with Crippen molar-refractivity contribution in [3.05, 3.63) is 84.4 Å². The SMILES string of the molecule is CC1(c2cccc([S+](c3ccccc3)c3ccc(OC(=O)C(F)(F)S(=O)(=O)O)cc3)c2)OCCCO1. The van der Waals surface area contributed by atoms with E-state index in [0.717, 1.165) is 26.7 Å². The van der Waals surface area contributed by atoms with Crippen molar-refractivity contribution in [1.29, 1.82) is 0 Å². The third-order valence-electron chi connectivity index (χ3n) is 5.45. The van der Waals surface area contributed by atoms with E-state index in [4.69, 9.17) is 14.0 Å². The van der Waals surface area contributed by atoms with E-state index in [9.17, 15) is 22.0 Å². The summed E-state index contributed by atoms with van der Waals surface area (Å²) < 4.78 is 73.6. The Morgan fingerprint density at radius 1 is 0.944 bits per heavy atom. The van der Waals surface area contributed by atoms with Crippen molar-refractivity contribution in [3.8, 4) is 5.75 Å². The van der Waals surface area contributed by atoms with Crippen LogP contribution in [0.2, 0.25) is 0 Å². The molecule has 7 nitrogen and oxygen atoms in total. The lowest BCUT2D eigenvalue weighted by Crippen LogP contribution is -2.40. The number of alkyl halides is 2. The van der Waals surface area contributed by atoms with E-state index in [1.54, 1.807) is 12.1 Å². The molecule has 0 bridgehead atoms. The number of rotatable bonds is 7. The van der Waals surface area contributed by atoms with E-state index in [1.165, 1.54) is 12.1 Å². The average Bonchev–Trinajstić information content (AvgIpc) is 2.86. The molecule has 190 valence electrons. The molecule has 1 heterocycles. The van der Waals surface area contributed by atoms with Crippen LogP contribution in [0.25, 0.3) is 0 Å². The predicted octanol–water partition coefficient (Wildman–Crippen LogP) is 4.78. The average molecular weight is 538 g/mol. The van der Waals surface area contributed by atoms with Gasteiger partial charge in [0.1, 0.15) is 5.75 Å². The highest BCUT2D eigenvalue weighted by molar-refractivity contribution is 7.97. The quantitative estimate of drug-likeness (QED) is 0.200. The maximum absolute atomic E-state index is 13.6. The summed E-state index contributed by atoms with van der Waals surface area (Å²) in [5.41, 5.74) is 0.853. The second kappa shape index (κ2) is 10.3. The fourth-order valence-corrected chi connectivity index (χ4v) is 5.95. The Morgan fingerprint density at radius 2 is 1.53 bits per heavy atom. The number of esters is 1. The number of hydrogen-bond donors (Lipinski definition) is 1. The van der Waals surface area contributed by atoms with Gasteiger partial charge in [-0.3, -0.25) is 4.55 Å². The molecule has 0 radical (unpaired) electrons. The first-order valence-electron chi connectivity index (χ1n) is 10.9.